The van der Waals surface area contributed by atoms with Crippen LogP contribution in [-0.2, 0) is 11.8 Å². The number of benzene rings is 2. The number of nitrogens with one attached hydrogen (secondary N) is 2. The van der Waals surface area contributed by atoms with Crippen LogP contribution in [-0.4, -0.2) is 22.2 Å². The quantitative estimate of drug-likeness (QED) is 0.618. The molecule has 1 atom stereocenters. The van der Waals surface area contributed by atoms with Crippen LogP contribution in [0, 0.1) is 0 Å². The molecule has 0 saturated heterocycles. The molecule has 6 nitrogen and oxygen atoms in total. The Bertz CT molecular complexity index is 1230. The number of hydrogen-bond donors (Lipinski definition) is 3. The van der Waals surface area contributed by atoms with Crippen molar-refractivity contribution in [2.45, 2.75) is 45.1 Å². The molecule has 1 aliphatic carbocycles. The lowest BCUT2D eigenvalue weighted by atomic mass is 9.82. The van der Waals surface area contributed by atoms with Crippen molar-refractivity contribution in [3.8, 4) is 28.0 Å². The van der Waals surface area contributed by atoms with Crippen LogP contribution in [0.3, 0.4) is 0 Å². The molecule has 0 bridgehead atoms. The van der Waals surface area contributed by atoms with E-state index in [1.807, 2.05) is 24.3 Å². The van der Waals surface area contributed by atoms with Gasteiger partial charge in [-0.25, -0.2) is 4.79 Å². The summed E-state index contributed by atoms with van der Waals surface area (Å²) in [5.74, 6) is 0.755. The highest BCUT2D eigenvalue weighted by Crippen LogP contribution is 2.43. The number of H-pyrrole nitrogens is 2. The smallest absolute Gasteiger partial charge is 0.325 e. The molecule has 3 N–H and O–H groups in total. The highest BCUT2D eigenvalue weighted by molar-refractivity contribution is 5.80. The second-order valence-electron chi connectivity index (χ2n) is 8.81. The van der Waals surface area contributed by atoms with E-state index in [1.165, 1.54) is 6.20 Å². The topological polar surface area (TPSA) is 95.2 Å². The van der Waals surface area contributed by atoms with E-state index in [0.717, 1.165) is 46.4 Å². The molecule has 4 rings (SSSR count). The molecule has 6 heteroatoms. The molecule has 2 aromatic carbocycles. The van der Waals surface area contributed by atoms with Gasteiger partial charge in [-0.15, -0.1) is 0 Å². The molecular formula is C24H26N2O4. The highest BCUT2D eigenvalue weighted by atomic mass is 16.5. The summed E-state index contributed by atoms with van der Waals surface area (Å²) in [7, 11) is 1.65. The molecule has 0 amide bonds. The Kier molecular flexibility index (Phi) is 4.90. The van der Waals surface area contributed by atoms with Gasteiger partial charge in [0.1, 0.15) is 5.75 Å². The van der Waals surface area contributed by atoms with Gasteiger partial charge in [0, 0.05) is 17.3 Å². The summed E-state index contributed by atoms with van der Waals surface area (Å²) in [4.78, 5) is 28.8. The number of methoxy groups -OCH3 is 1. The second-order valence-corrected chi connectivity index (χ2v) is 8.81. The maximum absolute atomic E-state index is 12.5. The minimum absolute atomic E-state index is 0.238. The zero-order chi connectivity index (χ0) is 21.6. The van der Waals surface area contributed by atoms with E-state index >= 15 is 0 Å². The average molecular weight is 406 g/mol. The standard InChI is InChI=1S/C24H26N2O4/c1-24(2,3)19-11-15(18-12-25-23(29)26-22(18)28)10-17(21(19)30-4)14-5-7-16-13(9-14)6-8-20(16)27/h5,7,9-12,20,27H,6,8H2,1-4H3,(H2,25,26,28,29). The fraction of sp³-hybridized carbons (Fsp3) is 0.333. The van der Waals surface area contributed by atoms with Crippen molar-refractivity contribution in [2.75, 3.05) is 7.11 Å². The summed E-state index contributed by atoms with van der Waals surface area (Å²) in [6, 6.07) is 9.92. The molecule has 0 saturated carbocycles. The molecule has 0 aliphatic heterocycles. The highest BCUT2D eigenvalue weighted by Gasteiger charge is 2.26. The molecule has 0 spiro atoms. The number of aromatic amines is 2. The Labute approximate surface area is 174 Å². The first-order chi connectivity index (χ1) is 14.2. The molecule has 0 radical (unpaired) electrons. The van der Waals surface area contributed by atoms with Crippen molar-refractivity contribution < 1.29 is 9.84 Å². The van der Waals surface area contributed by atoms with Gasteiger partial charge in [0.25, 0.3) is 5.56 Å². The fourth-order valence-corrected chi connectivity index (χ4v) is 4.16. The van der Waals surface area contributed by atoms with Crippen molar-refractivity contribution in [3.05, 3.63) is 74.1 Å². The number of ether oxygens (including phenoxy) is 1. The maximum Gasteiger partial charge on any atom is 0.325 e. The van der Waals surface area contributed by atoms with Crippen molar-refractivity contribution in [1.29, 1.82) is 0 Å². The van der Waals surface area contributed by atoms with Crippen LogP contribution in [0.5, 0.6) is 5.75 Å². The van der Waals surface area contributed by atoms with Crippen molar-refractivity contribution >= 4 is 0 Å². The normalized spacial score (nSPS) is 15.8. The number of rotatable bonds is 3. The summed E-state index contributed by atoms with van der Waals surface area (Å²) in [5.41, 5.74) is 4.78. The van der Waals surface area contributed by atoms with E-state index in [2.05, 4.69) is 36.8 Å². The van der Waals surface area contributed by atoms with Crippen molar-refractivity contribution in [3.63, 3.8) is 0 Å². The van der Waals surface area contributed by atoms with Crippen LogP contribution in [0.2, 0.25) is 0 Å². The van der Waals surface area contributed by atoms with Gasteiger partial charge in [-0.05, 0) is 52.6 Å². The number of hydrogen-bond acceptors (Lipinski definition) is 4. The predicted octanol–water partition coefficient (Wildman–Crippen LogP) is 3.68. The van der Waals surface area contributed by atoms with Crippen LogP contribution in [0.4, 0.5) is 0 Å². The molecule has 1 heterocycles. The van der Waals surface area contributed by atoms with Gasteiger partial charge < -0.3 is 14.8 Å². The van der Waals surface area contributed by atoms with Gasteiger partial charge >= 0.3 is 5.69 Å². The van der Waals surface area contributed by atoms with E-state index in [9.17, 15) is 14.7 Å². The third-order valence-electron chi connectivity index (χ3n) is 5.73. The SMILES string of the molecule is COc1c(-c2ccc3c(c2)CCC3O)cc(-c2c[nH]c(=O)[nH]c2=O)cc1C(C)(C)C. The van der Waals surface area contributed by atoms with Gasteiger partial charge in [0.2, 0.25) is 0 Å². The van der Waals surface area contributed by atoms with Crippen LogP contribution in [0.25, 0.3) is 22.3 Å². The molecule has 1 aromatic heterocycles. The Morgan fingerprint density at radius 3 is 2.50 bits per heavy atom. The molecule has 1 unspecified atom stereocenters. The van der Waals surface area contributed by atoms with Crippen LogP contribution >= 0.6 is 0 Å². The van der Waals surface area contributed by atoms with Gasteiger partial charge in [-0.3, -0.25) is 9.78 Å². The number of aryl methyl sites for hydroxylation is 1. The molecular weight excluding hydrogens is 380 g/mol. The second kappa shape index (κ2) is 7.29. The predicted molar refractivity (Wildman–Crippen MR) is 117 cm³/mol. The van der Waals surface area contributed by atoms with Gasteiger partial charge in [-0.2, -0.15) is 0 Å². The number of aromatic nitrogens is 2. The van der Waals surface area contributed by atoms with E-state index < -0.39 is 17.4 Å². The van der Waals surface area contributed by atoms with E-state index in [1.54, 1.807) is 7.11 Å². The molecule has 30 heavy (non-hydrogen) atoms. The Hall–Kier alpha value is -3.12. The first-order valence-corrected chi connectivity index (χ1v) is 10.0. The summed E-state index contributed by atoms with van der Waals surface area (Å²) in [6.45, 7) is 6.28. The summed E-state index contributed by atoms with van der Waals surface area (Å²) in [6.07, 6.45) is 2.60. The summed E-state index contributed by atoms with van der Waals surface area (Å²) >= 11 is 0. The van der Waals surface area contributed by atoms with Crippen LogP contribution in [0.15, 0.2) is 46.1 Å². The Morgan fingerprint density at radius 1 is 1.07 bits per heavy atom. The monoisotopic (exact) mass is 406 g/mol. The third-order valence-corrected chi connectivity index (χ3v) is 5.73. The van der Waals surface area contributed by atoms with Crippen molar-refractivity contribution in [1.82, 2.24) is 9.97 Å². The third kappa shape index (κ3) is 3.48. The van der Waals surface area contributed by atoms with E-state index in [-0.39, 0.29) is 5.41 Å². The van der Waals surface area contributed by atoms with E-state index in [4.69, 9.17) is 4.74 Å². The molecule has 1 aliphatic rings. The van der Waals surface area contributed by atoms with Gasteiger partial charge in [-0.1, -0.05) is 39.0 Å². The van der Waals surface area contributed by atoms with Gasteiger partial charge in [0.15, 0.2) is 0 Å². The summed E-state index contributed by atoms with van der Waals surface area (Å²) in [5, 5.41) is 10.1. The number of aliphatic hydroxyl groups excluding tert-OH is 1. The fourth-order valence-electron chi connectivity index (χ4n) is 4.16. The Morgan fingerprint density at radius 2 is 1.83 bits per heavy atom. The summed E-state index contributed by atoms with van der Waals surface area (Å²) < 4.78 is 5.84. The maximum atomic E-state index is 12.5. The average Bonchev–Trinajstić information content (AvgIpc) is 3.06. The van der Waals surface area contributed by atoms with Crippen LogP contribution in [0.1, 0.15) is 50.0 Å². The largest absolute Gasteiger partial charge is 0.496 e. The number of aliphatic hydroxyl groups is 1. The molecule has 156 valence electrons. The zero-order valence-electron chi connectivity index (χ0n) is 17.6. The molecule has 3 aromatic rings. The minimum Gasteiger partial charge on any atom is -0.496 e. The first kappa shape index (κ1) is 20.2. The lowest BCUT2D eigenvalue weighted by Gasteiger charge is -2.25. The lowest BCUT2D eigenvalue weighted by molar-refractivity contribution is 0.180. The number of fused-ring (bicyclic) bond motifs is 1. The zero-order valence-corrected chi connectivity index (χ0v) is 17.6. The van der Waals surface area contributed by atoms with Crippen molar-refractivity contribution in [2.24, 2.45) is 0 Å². The van der Waals surface area contributed by atoms with Crippen LogP contribution < -0.4 is 16.0 Å². The first-order valence-electron chi connectivity index (χ1n) is 10.0. The van der Waals surface area contributed by atoms with E-state index in [0.29, 0.717) is 11.1 Å². The molecule has 0 fully saturated rings. The lowest BCUT2D eigenvalue weighted by Crippen LogP contribution is -2.23. The Balaban J connectivity index is 2.00. The minimum atomic E-state index is -0.536. The van der Waals surface area contributed by atoms with Gasteiger partial charge in [0.05, 0.1) is 18.8 Å².